The summed E-state index contributed by atoms with van der Waals surface area (Å²) >= 11 is 0. The average Bonchev–Trinajstić information content (AvgIpc) is 2.79. The quantitative estimate of drug-likeness (QED) is 0.645. The molecule has 0 aliphatic heterocycles. The predicted molar refractivity (Wildman–Crippen MR) is 76.2 cm³/mol. The second-order valence-electron chi connectivity index (χ2n) is 5.35. The van der Waals surface area contributed by atoms with Gasteiger partial charge < -0.3 is 0 Å². The molecule has 0 saturated carbocycles. The van der Waals surface area contributed by atoms with E-state index in [0.29, 0.717) is 5.92 Å². The first-order valence-corrected chi connectivity index (χ1v) is 6.79. The molecule has 0 aromatic heterocycles. The molecule has 4 rings (SSSR count). The third-order valence-corrected chi connectivity index (χ3v) is 4.32. The zero-order valence-electron chi connectivity index (χ0n) is 10.4. The van der Waals surface area contributed by atoms with Crippen molar-refractivity contribution in [2.24, 2.45) is 5.92 Å². The Labute approximate surface area is 107 Å². The highest BCUT2D eigenvalue weighted by Crippen LogP contribution is 2.40. The molecule has 1 unspecified atom stereocenters. The Morgan fingerprint density at radius 3 is 2.83 bits per heavy atom. The largest absolute Gasteiger partial charge is 0.0798 e. The molecule has 3 aliphatic carbocycles. The van der Waals surface area contributed by atoms with Gasteiger partial charge in [-0.15, -0.1) is 0 Å². The Kier molecular flexibility index (Phi) is 2.16. The number of hydrogen-bond acceptors (Lipinski definition) is 0. The van der Waals surface area contributed by atoms with E-state index in [-0.39, 0.29) is 0 Å². The topological polar surface area (TPSA) is 0 Å². The van der Waals surface area contributed by atoms with Gasteiger partial charge >= 0.3 is 0 Å². The lowest BCUT2D eigenvalue weighted by Gasteiger charge is -2.24. The summed E-state index contributed by atoms with van der Waals surface area (Å²) in [4.78, 5) is 0. The van der Waals surface area contributed by atoms with Crippen LogP contribution in [0.2, 0.25) is 0 Å². The summed E-state index contributed by atoms with van der Waals surface area (Å²) in [6.07, 6.45) is 15.4. The van der Waals surface area contributed by atoms with Gasteiger partial charge in [0.25, 0.3) is 0 Å². The molecule has 1 atom stereocenters. The highest BCUT2D eigenvalue weighted by molar-refractivity contribution is 5.61. The summed E-state index contributed by atoms with van der Waals surface area (Å²) in [6, 6.07) is 8.70. The lowest BCUT2D eigenvalue weighted by atomic mass is 9.80. The maximum absolute atomic E-state index is 2.46. The van der Waals surface area contributed by atoms with E-state index in [1.54, 1.807) is 5.57 Å². The van der Waals surface area contributed by atoms with E-state index in [1.807, 2.05) is 0 Å². The summed E-state index contributed by atoms with van der Waals surface area (Å²) in [5.41, 5.74) is 4.69. The first kappa shape index (κ1) is 10.1. The minimum absolute atomic E-state index is 0.603. The van der Waals surface area contributed by atoms with Gasteiger partial charge in [-0.2, -0.15) is 0 Å². The van der Waals surface area contributed by atoms with Gasteiger partial charge in [0.15, 0.2) is 0 Å². The molecule has 0 saturated heterocycles. The fourth-order valence-corrected chi connectivity index (χ4v) is 3.37. The highest BCUT2D eigenvalue weighted by atomic mass is 14.3. The number of allylic oxidation sites excluding steroid dienone is 6. The lowest BCUT2D eigenvalue weighted by Crippen LogP contribution is -2.24. The maximum atomic E-state index is 2.46. The molecule has 1 aromatic carbocycles. The monoisotopic (exact) mass is 232 g/mol. The van der Waals surface area contributed by atoms with Crippen LogP contribution >= 0.6 is 0 Å². The SMILES string of the molecule is C1=CC2=C(C1)CCC1C=c3ccccc3=CC=C21. The zero-order valence-corrected chi connectivity index (χ0v) is 10.4. The predicted octanol–water partition coefficient (Wildman–Crippen LogP) is 2.85. The summed E-state index contributed by atoms with van der Waals surface area (Å²) in [6.45, 7) is 0. The van der Waals surface area contributed by atoms with Crippen molar-refractivity contribution in [3.05, 3.63) is 69.7 Å². The second kappa shape index (κ2) is 3.84. The first-order chi connectivity index (χ1) is 8.92. The molecule has 18 heavy (non-hydrogen) atoms. The van der Waals surface area contributed by atoms with Crippen molar-refractivity contribution < 1.29 is 0 Å². The van der Waals surface area contributed by atoms with Crippen LogP contribution < -0.4 is 10.4 Å². The van der Waals surface area contributed by atoms with Gasteiger partial charge in [-0.1, -0.05) is 60.2 Å². The molecule has 1 aromatic rings. The van der Waals surface area contributed by atoms with Gasteiger partial charge in [-0.3, -0.25) is 0 Å². The van der Waals surface area contributed by atoms with Crippen LogP contribution in [-0.2, 0) is 0 Å². The molecule has 0 fully saturated rings. The molecule has 3 aliphatic rings. The van der Waals surface area contributed by atoms with Crippen LogP contribution in [0.25, 0.3) is 12.2 Å². The van der Waals surface area contributed by atoms with Crippen molar-refractivity contribution >= 4 is 12.2 Å². The van der Waals surface area contributed by atoms with Crippen LogP contribution in [0.5, 0.6) is 0 Å². The minimum Gasteiger partial charge on any atom is -0.0798 e. The molecule has 0 amide bonds. The molecule has 0 radical (unpaired) electrons. The third kappa shape index (κ3) is 1.45. The Morgan fingerprint density at radius 2 is 1.89 bits per heavy atom. The second-order valence-corrected chi connectivity index (χ2v) is 5.35. The third-order valence-electron chi connectivity index (χ3n) is 4.32. The van der Waals surface area contributed by atoms with Crippen LogP contribution in [0.4, 0.5) is 0 Å². The zero-order chi connectivity index (χ0) is 11.9. The van der Waals surface area contributed by atoms with Crippen molar-refractivity contribution in [2.75, 3.05) is 0 Å². The van der Waals surface area contributed by atoms with E-state index in [2.05, 4.69) is 54.6 Å². The minimum atomic E-state index is 0.603. The van der Waals surface area contributed by atoms with Crippen LogP contribution in [0.1, 0.15) is 19.3 Å². The summed E-state index contributed by atoms with van der Waals surface area (Å²) in [7, 11) is 0. The number of rotatable bonds is 0. The molecule has 0 N–H and O–H groups in total. The van der Waals surface area contributed by atoms with E-state index in [0.717, 1.165) is 0 Å². The first-order valence-electron chi connectivity index (χ1n) is 6.79. The Morgan fingerprint density at radius 1 is 1.00 bits per heavy atom. The van der Waals surface area contributed by atoms with Gasteiger partial charge in [0, 0.05) is 5.92 Å². The molecular weight excluding hydrogens is 216 g/mol. The fraction of sp³-hybridized carbons (Fsp3) is 0.222. The van der Waals surface area contributed by atoms with Crippen LogP contribution in [0.3, 0.4) is 0 Å². The van der Waals surface area contributed by atoms with Crippen molar-refractivity contribution in [3.63, 3.8) is 0 Å². The molecule has 0 heteroatoms. The normalized spacial score (nSPS) is 24.2. The average molecular weight is 232 g/mol. The summed E-state index contributed by atoms with van der Waals surface area (Å²) < 4.78 is 0. The number of fused-ring (bicyclic) bond motifs is 3. The van der Waals surface area contributed by atoms with E-state index in [9.17, 15) is 0 Å². The van der Waals surface area contributed by atoms with Crippen LogP contribution in [0.15, 0.2) is 59.2 Å². The molecule has 0 spiro atoms. The van der Waals surface area contributed by atoms with E-state index < -0.39 is 0 Å². The summed E-state index contributed by atoms with van der Waals surface area (Å²) in [5.74, 6) is 0.603. The van der Waals surface area contributed by atoms with Crippen LogP contribution in [-0.4, -0.2) is 0 Å². The van der Waals surface area contributed by atoms with E-state index in [4.69, 9.17) is 0 Å². The van der Waals surface area contributed by atoms with E-state index in [1.165, 1.54) is 40.8 Å². The Bertz CT molecular complexity index is 711. The molecule has 0 heterocycles. The van der Waals surface area contributed by atoms with Gasteiger partial charge in [0.2, 0.25) is 0 Å². The molecule has 0 nitrogen and oxygen atoms in total. The van der Waals surface area contributed by atoms with Gasteiger partial charge in [0.1, 0.15) is 0 Å². The fourth-order valence-electron chi connectivity index (χ4n) is 3.37. The van der Waals surface area contributed by atoms with E-state index >= 15 is 0 Å². The number of benzene rings is 1. The summed E-state index contributed by atoms with van der Waals surface area (Å²) in [5, 5.41) is 2.74. The van der Waals surface area contributed by atoms with Crippen LogP contribution in [0, 0.1) is 5.92 Å². The Balaban J connectivity index is 1.94. The van der Waals surface area contributed by atoms with Gasteiger partial charge in [0.05, 0.1) is 0 Å². The highest BCUT2D eigenvalue weighted by Gasteiger charge is 2.25. The van der Waals surface area contributed by atoms with Gasteiger partial charge in [-0.25, -0.2) is 0 Å². The van der Waals surface area contributed by atoms with Gasteiger partial charge in [-0.05, 0) is 40.8 Å². The van der Waals surface area contributed by atoms with Crippen molar-refractivity contribution in [1.29, 1.82) is 0 Å². The Hall–Kier alpha value is -1.82. The smallest absolute Gasteiger partial charge is 0.00361 e. The maximum Gasteiger partial charge on any atom is 0.00361 e. The molecular formula is C18H16. The van der Waals surface area contributed by atoms with Crippen molar-refractivity contribution in [3.8, 4) is 0 Å². The van der Waals surface area contributed by atoms with Crippen molar-refractivity contribution in [2.45, 2.75) is 19.3 Å². The standard InChI is InChI=1S/C18H16/c1-2-5-15-12-16-9-8-14-6-3-7-17(14)18(16)11-10-13(15)4-1/h1-5,7,10-12,16H,6,8-9H2. The van der Waals surface area contributed by atoms with Crippen molar-refractivity contribution in [1.82, 2.24) is 0 Å². The molecule has 0 bridgehead atoms. The lowest BCUT2D eigenvalue weighted by molar-refractivity contribution is 0.671. The number of hydrogen-bond donors (Lipinski definition) is 0. The molecule has 88 valence electrons.